The Morgan fingerprint density at radius 1 is 1.37 bits per heavy atom. The Balaban J connectivity index is 1.58. The number of hydrogen-bond donors (Lipinski definition) is 1. The van der Waals surface area contributed by atoms with Crippen LogP contribution < -0.4 is 10.1 Å². The summed E-state index contributed by atoms with van der Waals surface area (Å²) in [5, 5.41) is 3.65. The van der Waals surface area contributed by atoms with Gasteiger partial charge in [0.2, 0.25) is 0 Å². The molecule has 104 valence electrons. The molecule has 2 unspecified atom stereocenters. The van der Waals surface area contributed by atoms with Gasteiger partial charge in [-0.1, -0.05) is 6.07 Å². The smallest absolute Gasteiger partial charge is 0.133 e. The molecule has 1 aromatic carbocycles. The Bertz CT molecular complexity index is 448. The van der Waals surface area contributed by atoms with Crippen LogP contribution in [0.25, 0.3) is 0 Å². The second-order valence-corrected chi connectivity index (χ2v) is 6.27. The number of nitrogens with one attached hydrogen (secondary N) is 1. The summed E-state index contributed by atoms with van der Waals surface area (Å²) in [7, 11) is 1.69. The van der Waals surface area contributed by atoms with Crippen molar-refractivity contribution in [1.82, 2.24) is 5.32 Å². The quantitative estimate of drug-likeness (QED) is 0.902. The Kier molecular flexibility index (Phi) is 4.10. The first-order valence-corrected chi connectivity index (χ1v) is 7.74. The molecule has 1 heterocycles. The summed E-state index contributed by atoms with van der Waals surface area (Å²) < 4.78 is 12.1. The summed E-state index contributed by atoms with van der Waals surface area (Å²) in [6, 6.07) is 6.75. The van der Waals surface area contributed by atoms with Gasteiger partial charge in [-0.2, -0.15) is 0 Å². The van der Waals surface area contributed by atoms with Gasteiger partial charge < -0.3 is 14.8 Å². The number of rotatable bonds is 5. The van der Waals surface area contributed by atoms with Crippen molar-refractivity contribution in [2.24, 2.45) is 5.92 Å². The molecule has 3 rings (SSSR count). The Hall–Kier alpha value is -0.580. The molecule has 0 spiro atoms. The fraction of sp³-hybridized carbons (Fsp3) is 0.600. The second-order valence-electron chi connectivity index (χ2n) is 5.42. The van der Waals surface area contributed by atoms with Crippen molar-refractivity contribution in [2.75, 3.05) is 13.7 Å². The summed E-state index contributed by atoms with van der Waals surface area (Å²) in [5.41, 5.74) is 1.27. The second kappa shape index (κ2) is 5.81. The minimum atomic E-state index is 0.446. The zero-order chi connectivity index (χ0) is 13.2. The van der Waals surface area contributed by atoms with Gasteiger partial charge in [0.05, 0.1) is 17.7 Å². The van der Waals surface area contributed by atoms with E-state index < -0.39 is 0 Å². The first-order valence-electron chi connectivity index (χ1n) is 6.95. The lowest BCUT2D eigenvalue weighted by atomic mass is 10.1. The monoisotopic (exact) mass is 325 g/mol. The van der Waals surface area contributed by atoms with Crippen LogP contribution in [0.2, 0.25) is 0 Å². The van der Waals surface area contributed by atoms with Crippen molar-refractivity contribution >= 4 is 15.9 Å². The zero-order valence-corrected chi connectivity index (χ0v) is 12.8. The highest BCUT2D eigenvalue weighted by Crippen LogP contribution is 2.38. The highest BCUT2D eigenvalue weighted by atomic mass is 79.9. The molecule has 3 nitrogen and oxygen atoms in total. The fourth-order valence-corrected chi connectivity index (χ4v) is 3.38. The van der Waals surface area contributed by atoms with E-state index in [9.17, 15) is 0 Å². The molecule has 19 heavy (non-hydrogen) atoms. The number of methoxy groups -OCH3 is 1. The molecule has 0 radical (unpaired) electrons. The third-order valence-electron chi connectivity index (χ3n) is 4.01. The third-order valence-corrected chi connectivity index (χ3v) is 4.63. The van der Waals surface area contributed by atoms with Crippen molar-refractivity contribution in [2.45, 2.75) is 38.0 Å². The molecule has 4 heteroatoms. The van der Waals surface area contributed by atoms with Gasteiger partial charge in [0.25, 0.3) is 0 Å². The van der Waals surface area contributed by atoms with Crippen molar-refractivity contribution in [1.29, 1.82) is 0 Å². The van der Waals surface area contributed by atoms with Crippen molar-refractivity contribution in [3.63, 3.8) is 0 Å². The van der Waals surface area contributed by atoms with E-state index in [1.165, 1.54) is 18.4 Å². The van der Waals surface area contributed by atoms with E-state index in [0.29, 0.717) is 12.1 Å². The van der Waals surface area contributed by atoms with Gasteiger partial charge >= 0.3 is 0 Å². The van der Waals surface area contributed by atoms with E-state index in [1.54, 1.807) is 7.11 Å². The van der Waals surface area contributed by atoms with Gasteiger partial charge in [-0.15, -0.1) is 0 Å². The average molecular weight is 326 g/mol. The lowest BCUT2D eigenvalue weighted by molar-refractivity contribution is 0.0809. The van der Waals surface area contributed by atoms with Crippen LogP contribution in [0.5, 0.6) is 5.75 Å². The van der Waals surface area contributed by atoms with E-state index in [0.717, 1.165) is 35.7 Å². The van der Waals surface area contributed by atoms with Gasteiger partial charge in [0.1, 0.15) is 5.75 Å². The zero-order valence-electron chi connectivity index (χ0n) is 11.2. The highest BCUT2D eigenvalue weighted by Gasteiger charge is 2.40. The van der Waals surface area contributed by atoms with E-state index in [-0.39, 0.29) is 0 Å². The maximum absolute atomic E-state index is 5.85. The van der Waals surface area contributed by atoms with Crippen molar-refractivity contribution < 1.29 is 9.47 Å². The largest absolute Gasteiger partial charge is 0.496 e. The highest BCUT2D eigenvalue weighted by molar-refractivity contribution is 9.10. The van der Waals surface area contributed by atoms with Crippen LogP contribution in [0.15, 0.2) is 22.7 Å². The molecule has 1 saturated heterocycles. The molecular weight excluding hydrogens is 306 g/mol. The SMILES string of the molecule is COc1ccc(CNC2CCOC2C2CC2)cc1Br. The van der Waals surface area contributed by atoms with Crippen LogP contribution in [0.1, 0.15) is 24.8 Å². The standard InChI is InChI=1S/C15H20BrNO2/c1-18-14-5-2-10(8-12(14)16)9-17-13-6-7-19-15(13)11-3-4-11/h2,5,8,11,13,15,17H,3-4,6-7,9H2,1H3. The van der Waals surface area contributed by atoms with Crippen LogP contribution in [0, 0.1) is 5.92 Å². The van der Waals surface area contributed by atoms with Crippen LogP contribution in [-0.4, -0.2) is 25.9 Å². The van der Waals surface area contributed by atoms with E-state index in [1.807, 2.05) is 6.07 Å². The first-order chi connectivity index (χ1) is 9.28. The van der Waals surface area contributed by atoms with E-state index in [2.05, 4.69) is 33.4 Å². The maximum Gasteiger partial charge on any atom is 0.133 e. The normalized spacial score (nSPS) is 26.6. The molecule has 0 bridgehead atoms. The maximum atomic E-state index is 5.85. The molecule has 2 aliphatic rings. The lowest BCUT2D eigenvalue weighted by Gasteiger charge is -2.19. The Labute approximate surface area is 122 Å². The topological polar surface area (TPSA) is 30.5 Å². The van der Waals surface area contributed by atoms with E-state index in [4.69, 9.17) is 9.47 Å². The lowest BCUT2D eigenvalue weighted by Crippen LogP contribution is -2.37. The number of ether oxygens (including phenoxy) is 2. The minimum Gasteiger partial charge on any atom is -0.496 e. The van der Waals surface area contributed by atoms with Crippen LogP contribution in [-0.2, 0) is 11.3 Å². The molecule has 1 aliphatic carbocycles. The van der Waals surface area contributed by atoms with Crippen molar-refractivity contribution in [3.05, 3.63) is 28.2 Å². The van der Waals surface area contributed by atoms with Gasteiger partial charge in [0, 0.05) is 19.2 Å². The molecule has 2 fully saturated rings. The molecule has 1 N–H and O–H groups in total. The van der Waals surface area contributed by atoms with Gasteiger partial charge in [-0.3, -0.25) is 0 Å². The van der Waals surface area contributed by atoms with Crippen LogP contribution >= 0.6 is 15.9 Å². The molecule has 0 aromatic heterocycles. The van der Waals surface area contributed by atoms with Crippen molar-refractivity contribution in [3.8, 4) is 5.75 Å². The predicted octanol–water partition coefficient (Wildman–Crippen LogP) is 3.11. The van der Waals surface area contributed by atoms with Crippen LogP contribution in [0.4, 0.5) is 0 Å². The average Bonchev–Trinajstić information content (AvgIpc) is 3.15. The number of hydrogen-bond acceptors (Lipinski definition) is 3. The molecule has 0 amide bonds. The van der Waals surface area contributed by atoms with Crippen LogP contribution in [0.3, 0.4) is 0 Å². The summed E-state index contributed by atoms with van der Waals surface area (Å²) in [6.07, 6.45) is 4.27. The minimum absolute atomic E-state index is 0.446. The summed E-state index contributed by atoms with van der Waals surface area (Å²) in [6.45, 7) is 1.80. The fourth-order valence-electron chi connectivity index (χ4n) is 2.79. The van der Waals surface area contributed by atoms with E-state index >= 15 is 0 Å². The molecule has 1 aliphatic heterocycles. The Morgan fingerprint density at radius 3 is 2.89 bits per heavy atom. The van der Waals surface area contributed by atoms with Gasteiger partial charge in [0.15, 0.2) is 0 Å². The molecular formula is C15H20BrNO2. The molecule has 1 saturated carbocycles. The summed E-state index contributed by atoms with van der Waals surface area (Å²) in [4.78, 5) is 0. The van der Waals surface area contributed by atoms with Gasteiger partial charge in [-0.05, 0) is 58.8 Å². The third kappa shape index (κ3) is 3.12. The predicted molar refractivity (Wildman–Crippen MR) is 78.4 cm³/mol. The molecule has 2 atom stereocenters. The summed E-state index contributed by atoms with van der Waals surface area (Å²) >= 11 is 3.53. The van der Waals surface area contributed by atoms with Gasteiger partial charge in [-0.25, -0.2) is 0 Å². The number of benzene rings is 1. The Morgan fingerprint density at radius 2 is 2.21 bits per heavy atom. The summed E-state index contributed by atoms with van der Waals surface area (Å²) in [5.74, 6) is 1.69. The number of halogens is 1. The first kappa shape index (κ1) is 13.4. The molecule has 1 aromatic rings.